The molecule has 21 heavy (non-hydrogen) atoms. The number of nitrogens with one attached hydrogen (secondary N) is 1. The van der Waals surface area contributed by atoms with Crippen molar-refractivity contribution in [1.29, 1.82) is 0 Å². The van der Waals surface area contributed by atoms with Crippen LogP contribution in [0.1, 0.15) is 28.3 Å². The molecule has 0 saturated carbocycles. The first kappa shape index (κ1) is 13.0. The Labute approximate surface area is 131 Å². The summed E-state index contributed by atoms with van der Waals surface area (Å²) in [6.45, 7) is 0. The van der Waals surface area contributed by atoms with Crippen molar-refractivity contribution in [2.45, 2.75) is 25.2 Å². The summed E-state index contributed by atoms with van der Waals surface area (Å²) >= 11 is 6.91. The predicted molar refractivity (Wildman–Crippen MR) is 90.4 cm³/mol. The van der Waals surface area contributed by atoms with Crippen LogP contribution in [0.3, 0.4) is 0 Å². The van der Waals surface area contributed by atoms with Crippen molar-refractivity contribution in [1.82, 2.24) is 9.97 Å². The number of nitrogens with zero attached hydrogens (tertiary/aromatic N) is 1. The summed E-state index contributed by atoms with van der Waals surface area (Å²) in [5.74, 6) is 1.17. The third kappa shape index (κ3) is 2.17. The van der Waals surface area contributed by atoms with Crippen LogP contribution in [-0.2, 0) is 12.8 Å². The topological polar surface area (TPSA) is 54.7 Å². The zero-order valence-corrected chi connectivity index (χ0v) is 13.1. The van der Waals surface area contributed by atoms with E-state index < -0.39 is 0 Å². The Kier molecular flexibility index (Phi) is 3.05. The first-order valence-corrected chi connectivity index (χ1v) is 8.30. The second-order valence-corrected chi connectivity index (χ2v) is 6.98. The predicted octanol–water partition coefficient (Wildman–Crippen LogP) is 4.21. The Morgan fingerprint density at radius 3 is 2.90 bits per heavy atom. The average Bonchev–Trinajstić information content (AvgIpc) is 2.85. The fourth-order valence-corrected chi connectivity index (χ4v) is 4.85. The molecule has 0 bridgehead atoms. The maximum absolute atomic E-state index is 6.08. The second-order valence-electron chi connectivity index (χ2n) is 5.49. The molecule has 1 aliphatic rings. The van der Waals surface area contributed by atoms with Crippen LogP contribution in [0.5, 0.6) is 0 Å². The molecule has 0 saturated heterocycles. The highest BCUT2D eigenvalue weighted by molar-refractivity contribution is 7.71. The summed E-state index contributed by atoms with van der Waals surface area (Å²) in [4.78, 5) is 9.89. The molecule has 0 amide bonds. The summed E-state index contributed by atoms with van der Waals surface area (Å²) in [7, 11) is 0. The Balaban J connectivity index is 1.80. The number of aromatic amines is 1. The number of rotatable bonds is 1. The number of nitrogen functional groups attached to an aromatic ring is 1. The zero-order valence-electron chi connectivity index (χ0n) is 11.4. The van der Waals surface area contributed by atoms with Crippen molar-refractivity contribution in [3.8, 4) is 0 Å². The number of aromatic nitrogens is 2. The van der Waals surface area contributed by atoms with Crippen LogP contribution in [-0.4, -0.2) is 9.97 Å². The SMILES string of the molecule is Nc1nc(=S)[nH]c2sc3c(c12)CCC(c1ccccc1)C3. The molecule has 106 valence electrons. The number of benzene rings is 1. The highest BCUT2D eigenvalue weighted by atomic mass is 32.1. The van der Waals surface area contributed by atoms with Gasteiger partial charge in [0.2, 0.25) is 0 Å². The minimum absolute atomic E-state index is 0.471. The standard InChI is InChI=1S/C16H15N3S2/c17-14-13-11-7-6-10(9-4-2-1-3-5-9)8-12(11)21-15(13)19-16(20)18-14/h1-5,10H,6-8H2,(H3,17,18,19,20). The van der Waals surface area contributed by atoms with Crippen molar-refractivity contribution in [2.24, 2.45) is 0 Å². The van der Waals surface area contributed by atoms with E-state index in [-0.39, 0.29) is 0 Å². The maximum Gasteiger partial charge on any atom is 0.199 e. The first-order chi connectivity index (χ1) is 10.2. The van der Waals surface area contributed by atoms with Gasteiger partial charge in [0, 0.05) is 4.88 Å². The lowest BCUT2D eigenvalue weighted by Crippen LogP contribution is -2.11. The van der Waals surface area contributed by atoms with E-state index in [1.54, 1.807) is 11.3 Å². The number of anilines is 1. The molecule has 3 N–H and O–H groups in total. The fourth-order valence-electron chi connectivity index (χ4n) is 3.25. The number of hydrogen-bond acceptors (Lipinski definition) is 4. The van der Waals surface area contributed by atoms with Crippen LogP contribution in [0.25, 0.3) is 10.2 Å². The zero-order chi connectivity index (χ0) is 14.4. The molecule has 4 rings (SSSR count). The first-order valence-electron chi connectivity index (χ1n) is 7.07. The summed E-state index contributed by atoms with van der Waals surface area (Å²) in [6, 6.07) is 10.8. The molecular formula is C16H15N3S2. The van der Waals surface area contributed by atoms with E-state index in [1.807, 2.05) is 0 Å². The molecule has 1 unspecified atom stereocenters. The monoisotopic (exact) mass is 313 g/mol. The third-order valence-electron chi connectivity index (χ3n) is 4.23. The lowest BCUT2D eigenvalue weighted by atomic mass is 9.83. The lowest BCUT2D eigenvalue weighted by molar-refractivity contribution is 0.595. The van der Waals surface area contributed by atoms with E-state index in [9.17, 15) is 0 Å². The molecule has 0 fully saturated rings. The van der Waals surface area contributed by atoms with E-state index in [4.69, 9.17) is 18.0 Å². The Hall–Kier alpha value is -1.72. The van der Waals surface area contributed by atoms with Crippen molar-refractivity contribution in [3.05, 3.63) is 51.1 Å². The van der Waals surface area contributed by atoms with Crippen LogP contribution < -0.4 is 5.73 Å². The smallest absolute Gasteiger partial charge is 0.199 e. The van der Waals surface area contributed by atoms with Gasteiger partial charge in [0.1, 0.15) is 10.6 Å². The molecule has 1 aromatic carbocycles. The summed E-state index contributed by atoms with van der Waals surface area (Å²) in [6.07, 6.45) is 3.31. The van der Waals surface area contributed by atoms with Gasteiger partial charge in [-0.05, 0) is 48.5 Å². The van der Waals surface area contributed by atoms with Gasteiger partial charge in [-0.2, -0.15) is 0 Å². The van der Waals surface area contributed by atoms with Gasteiger partial charge in [0.25, 0.3) is 0 Å². The third-order valence-corrected chi connectivity index (χ3v) is 5.60. The normalized spacial score (nSPS) is 17.8. The summed E-state index contributed by atoms with van der Waals surface area (Å²) < 4.78 is 0.471. The highest BCUT2D eigenvalue weighted by Gasteiger charge is 2.25. The summed E-state index contributed by atoms with van der Waals surface area (Å²) in [5.41, 5.74) is 8.88. The van der Waals surface area contributed by atoms with E-state index in [2.05, 4.69) is 40.3 Å². The van der Waals surface area contributed by atoms with Gasteiger partial charge in [-0.3, -0.25) is 0 Å². The van der Waals surface area contributed by atoms with Crippen LogP contribution in [0.4, 0.5) is 5.82 Å². The van der Waals surface area contributed by atoms with Gasteiger partial charge in [-0.25, -0.2) is 4.98 Å². The molecule has 0 spiro atoms. The van der Waals surface area contributed by atoms with E-state index in [0.29, 0.717) is 16.5 Å². The van der Waals surface area contributed by atoms with Crippen LogP contribution in [0, 0.1) is 4.77 Å². The quantitative estimate of drug-likeness (QED) is 0.662. The van der Waals surface area contributed by atoms with Crippen molar-refractivity contribution >= 4 is 39.6 Å². The van der Waals surface area contributed by atoms with Gasteiger partial charge in [-0.1, -0.05) is 30.3 Å². The molecule has 2 heterocycles. The molecule has 1 aliphatic carbocycles. The Bertz CT molecular complexity index is 864. The van der Waals surface area contributed by atoms with Crippen LogP contribution in [0.15, 0.2) is 30.3 Å². The molecule has 3 nitrogen and oxygen atoms in total. The van der Waals surface area contributed by atoms with E-state index in [0.717, 1.165) is 29.5 Å². The van der Waals surface area contributed by atoms with E-state index >= 15 is 0 Å². The highest BCUT2D eigenvalue weighted by Crippen LogP contribution is 2.41. The number of fused-ring (bicyclic) bond motifs is 3. The largest absolute Gasteiger partial charge is 0.383 e. The minimum atomic E-state index is 0.471. The average molecular weight is 313 g/mol. The molecule has 0 radical (unpaired) electrons. The van der Waals surface area contributed by atoms with E-state index in [1.165, 1.54) is 16.0 Å². The number of hydrogen-bond donors (Lipinski definition) is 2. The van der Waals surface area contributed by atoms with Gasteiger partial charge in [0.05, 0.1) is 5.39 Å². The van der Waals surface area contributed by atoms with Crippen LogP contribution >= 0.6 is 23.6 Å². The maximum atomic E-state index is 6.08. The molecular weight excluding hydrogens is 298 g/mol. The van der Waals surface area contributed by atoms with Crippen molar-refractivity contribution < 1.29 is 0 Å². The number of nitrogens with two attached hydrogens (primary N) is 1. The molecule has 1 atom stereocenters. The number of thiophene rings is 1. The second kappa shape index (κ2) is 4.93. The number of H-pyrrole nitrogens is 1. The fraction of sp³-hybridized carbons (Fsp3) is 0.250. The molecule has 0 aliphatic heterocycles. The Morgan fingerprint density at radius 2 is 2.10 bits per heavy atom. The van der Waals surface area contributed by atoms with Gasteiger partial charge in [-0.15, -0.1) is 11.3 Å². The van der Waals surface area contributed by atoms with Crippen molar-refractivity contribution in [2.75, 3.05) is 5.73 Å². The van der Waals surface area contributed by atoms with Crippen LogP contribution in [0.2, 0.25) is 0 Å². The summed E-state index contributed by atoms with van der Waals surface area (Å²) in [5, 5.41) is 1.09. The minimum Gasteiger partial charge on any atom is -0.383 e. The molecule has 2 aromatic heterocycles. The number of aryl methyl sites for hydroxylation is 1. The Morgan fingerprint density at radius 1 is 1.29 bits per heavy atom. The van der Waals surface area contributed by atoms with Gasteiger partial charge >= 0.3 is 0 Å². The van der Waals surface area contributed by atoms with Gasteiger partial charge in [0.15, 0.2) is 4.77 Å². The molecule has 3 aromatic rings. The van der Waals surface area contributed by atoms with Gasteiger partial charge < -0.3 is 10.7 Å². The van der Waals surface area contributed by atoms with Crippen molar-refractivity contribution in [3.63, 3.8) is 0 Å². The molecule has 5 heteroatoms. The lowest BCUT2D eigenvalue weighted by Gasteiger charge is -2.22.